The third-order valence-corrected chi connectivity index (χ3v) is 9.18. The summed E-state index contributed by atoms with van der Waals surface area (Å²) >= 11 is 5.74. The Hall–Kier alpha value is -4.13. The van der Waals surface area contributed by atoms with Gasteiger partial charge in [-0.25, -0.2) is 5.43 Å². The second-order valence-electron chi connectivity index (χ2n) is 12.4. The maximum absolute atomic E-state index is 13.5. The van der Waals surface area contributed by atoms with E-state index in [1.165, 1.54) is 12.1 Å². The predicted octanol–water partition coefficient (Wildman–Crippen LogP) is 6.81. The summed E-state index contributed by atoms with van der Waals surface area (Å²) in [6, 6.07) is 16.1. The molecule has 3 N–H and O–H groups in total. The van der Waals surface area contributed by atoms with Crippen LogP contribution in [0, 0.1) is 5.92 Å². The van der Waals surface area contributed by atoms with Gasteiger partial charge in [0.15, 0.2) is 0 Å². The summed E-state index contributed by atoms with van der Waals surface area (Å²) in [4.78, 5) is 43.5. The van der Waals surface area contributed by atoms with Crippen LogP contribution in [-0.2, 0) is 28.8 Å². The summed E-state index contributed by atoms with van der Waals surface area (Å²) in [5.41, 5.74) is 7.29. The lowest BCUT2D eigenvalue weighted by Crippen LogP contribution is -2.37. The molecule has 2 fully saturated rings. The summed E-state index contributed by atoms with van der Waals surface area (Å²) in [5, 5.41) is 2.48. The van der Waals surface area contributed by atoms with E-state index in [1.54, 1.807) is 25.1 Å². The number of benzene rings is 3. The Labute approximate surface area is 289 Å². The molecule has 0 bridgehead atoms. The Balaban J connectivity index is 1.27. The zero-order valence-corrected chi connectivity index (χ0v) is 28.1. The maximum Gasteiger partial charge on any atom is 0.417 e. The number of carbonyl (C=O) groups is 3. The number of anilines is 2. The molecule has 2 saturated heterocycles. The average molecular weight is 700 g/mol. The Morgan fingerprint density at radius 3 is 2.37 bits per heavy atom. The van der Waals surface area contributed by atoms with E-state index in [2.05, 4.69) is 26.0 Å². The van der Waals surface area contributed by atoms with Crippen molar-refractivity contribution >= 4 is 40.8 Å². The van der Waals surface area contributed by atoms with Crippen LogP contribution in [0.3, 0.4) is 0 Å². The van der Waals surface area contributed by atoms with Crippen molar-refractivity contribution in [2.45, 2.75) is 58.3 Å². The molecular weight excluding hydrogens is 659 g/mol. The van der Waals surface area contributed by atoms with Crippen LogP contribution in [0.2, 0.25) is 5.02 Å². The molecule has 13 heteroatoms. The number of amides is 2. The first-order chi connectivity index (χ1) is 23.5. The normalized spacial score (nSPS) is 15.9. The number of carbonyl (C=O) groups excluding carboxylic acids is 3. The van der Waals surface area contributed by atoms with Gasteiger partial charge in [-0.05, 0) is 106 Å². The van der Waals surface area contributed by atoms with Gasteiger partial charge in [0.25, 0.3) is 11.8 Å². The minimum atomic E-state index is -4.61. The number of likely N-dealkylation sites (tertiary alicyclic amines) is 1. The van der Waals surface area contributed by atoms with Crippen LogP contribution in [0.25, 0.3) is 0 Å². The molecule has 0 saturated carbocycles. The molecule has 0 aliphatic carbocycles. The third kappa shape index (κ3) is 9.74. The molecule has 2 heterocycles. The van der Waals surface area contributed by atoms with E-state index in [1.807, 2.05) is 24.3 Å². The summed E-state index contributed by atoms with van der Waals surface area (Å²) in [7, 11) is 0. The molecule has 2 aliphatic heterocycles. The van der Waals surface area contributed by atoms with Crippen LogP contribution in [0.4, 0.5) is 24.5 Å². The number of ether oxygens (including phenoxy) is 1. The van der Waals surface area contributed by atoms with E-state index in [4.69, 9.17) is 16.3 Å². The van der Waals surface area contributed by atoms with Gasteiger partial charge in [0.05, 0.1) is 34.4 Å². The highest BCUT2D eigenvalue weighted by molar-refractivity contribution is 6.31. The van der Waals surface area contributed by atoms with E-state index >= 15 is 0 Å². The Bertz CT molecular complexity index is 1640. The fourth-order valence-corrected chi connectivity index (χ4v) is 6.45. The molecule has 0 atom stereocenters. The number of alkyl halides is 3. The zero-order chi connectivity index (χ0) is 35.0. The van der Waals surface area contributed by atoms with Crippen LogP contribution in [0.5, 0.6) is 0 Å². The molecule has 49 heavy (non-hydrogen) atoms. The average Bonchev–Trinajstić information content (AvgIpc) is 3.09. The van der Waals surface area contributed by atoms with E-state index < -0.39 is 28.6 Å². The number of esters is 1. The van der Waals surface area contributed by atoms with Crippen LogP contribution >= 0.6 is 11.6 Å². The Kier molecular flexibility index (Phi) is 12.2. The van der Waals surface area contributed by atoms with E-state index in [0.29, 0.717) is 24.4 Å². The van der Waals surface area contributed by atoms with Gasteiger partial charge >= 0.3 is 12.1 Å². The molecule has 9 nitrogen and oxygen atoms in total. The molecule has 0 unspecified atom stereocenters. The van der Waals surface area contributed by atoms with Crippen molar-refractivity contribution < 1.29 is 32.3 Å². The standard InChI is InChI=1S/C36H41ClF3N5O4/c1-2-49-35(48)26-13-17-44(18-14-26)23-25-7-6-8-27(19-25)33(46)42-32-12-10-28(45-15-4-3-5-16-45)21-29(32)34(47)43-41-22-24-9-11-31(37)30(20-24)36(38,39)40/h6-12,19-21,26,41H,2-5,13-18,22-23H2,1H3,(H,42,46)(H,43,47). The first-order valence-electron chi connectivity index (χ1n) is 16.6. The predicted molar refractivity (Wildman–Crippen MR) is 182 cm³/mol. The molecule has 0 spiro atoms. The van der Waals surface area contributed by atoms with Crippen molar-refractivity contribution in [3.8, 4) is 0 Å². The fourth-order valence-electron chi connectivity index (χ4n) is 6.22. The number of nitrogens with one attached hydrogen (secondary N) is 3. The van der Waals surface area contributed by atoms with Crippen molar-refractivity contribution in [1.82, 2.24) is 15.8 Å². The number of piperidine rings is 2. The third-order valence-electron chi connectivity index (χ3n) is 8.85. The largest absolute Gasteiger partial charge is 0.466 e. The number of hydrogen-bond donors (Lipinski definition) is 3. The summed E-state index contributed by atoms with van der Waals surface area (Å²) < 4.78 is 45.1. The highest BCUT2D eigenvalue weighted by Gasteiger charge is 2.33. The quantitative estimate of drug-likeness (QED) is 0.149. The minimum absolute atomic E-state index is 0.0871. The second kappa shape index (κ2) is 16.5. The van der Waals surface area contributed by atoms with Crippen LogP contribution < -0.4 is 21.1 Å². The number of hydrazine groups is 1. The molecule has 5 rings (SSSR count). The monoisotopic (exact) mass is 699 g/mol. The van der Waals surface area contributed by atoms with E-state index in [9.17, 15) is 27.6 Å². The van der Waals surface area contributed by atoms with Crippen molar-refractivity contribution in [2.24, 2.45) is 5.92 Å². The zero-order valence-electron chi connectivity index (χ0n) is 27.4. The molecular formula is C36H41ClF3N5O4. The highest BCUT2D eigenvalue weighted by atomic mass is 35.5. The maximum atomic E-state index is 13.5. The van der Waals surface area contributed by atoms with Crippen molar-refractivity contribution in [2.75, 3.05) is 43.0 Å². The SMILES string of the molecule is CCOC(=O)C1CCN(Cc2cccc(C(=O)Nc3ccc(N4CCCCC4)cc3C(=O)NNCc3ccc(Cl)c(C(F)(F)F)c3)c2)CC1. The molecule has 0 aromatic heterocycles. The second-order valence-corrected chi connectivity index (χ2v) is 12.8. The smallest absolute Gasteiger partial charge is 0.417 e. The first kappa shape index (κ1) is 36.2. The van der Waals surface area contributed by atoms with Gasteiger partial charge in [-0.3, -0.25) is 24.7 Å². The first-order valence-corrected chi connectivity index (χ1v) is 17.0. The van der Waals surface area contributed by atoms with Gasteiger partial charge in [0.2, 0.25) is 0 Å². The molecule has 3 aromatic carbocycles. The number of nitrogens with zero attached hydrogens (tertiary/aromatic N) is 2. The molecule has 2 aliphatic rings. The number of halogens is 4. The topological polar surface area (TPSA) is 103 Å². The molecule has 3 aromatic rings. The number of rotatable bonds is 11. The van der Waals surface area contributed by atoms with Gasteiger partial charge < -0.3 is 15.0 Å². The molecule has 2 amide bonds. The van der Waals surface area contributed by atoms with Gasteiger partial charge in [-0.1, -0.05) is 29.8 Å². The van der Waals surface area contributed by atoms with E-state index in [0.717, 1.165) is 75.6 Å². The lowest BCUT2D eigenvalue weighted by Gasteiger charge is -2.30. The van der Waals surface area contributed by atoms with Gasteiger partial charge in [0.1, 0.15) is 0 Å². The fraction of sp³-hybridized carbons (Fsp3) is 0.417. The Morgan fingerprint density at radius 2 is 1.65 bits per heavy atom. The van der Waals surface area contributed by atoms with Gasteiger partial charge in [0, 0.05) is 37.4 Å². The van der Waals surface area contributed by atoms with Gasteiger partial charge in [-0.15, -0.1) is 0 Å². The molecule has 262 valence electrons. The van der Waals surface area contributed by atoms with Crippen molar-refractivity contribution in [1.29, 1.82) is 0 Å². The Morgan fingerprint density at radius 1 is 0.898 bits per heavy atom. The number of hydrogen-bond acceptors (Lipinski definition) is 7. The summed E-state index contributed by atoms with van der Waals surface area (Å²) in [6.07, 6.45) is 0.0273. The lowest BCUT2D eigenvalue weighted by molar-refractivity contribution is -0.149. The van der Waals surface area contributed by atoms with E-state index in [-0.39, 0.29) is 29.6 Å². The molecule has 0 radical (unpaired) electrons. The highest BCUT2D eigenvalue weighted by Crippen LogP contribution is 2.35. The summed E-state index contributed by atoms with van der Waals surface area (Å²) in [5.74, 6) is -1.18. The van der Waals surface area contributed by atoms with Crippen molar-refractivity contribution in [3.05, 3.63) is 93.5 Å². The lowest BCUT2D eigenvalue weighted by atomic mass is 9.96. The van der Waals surface area contributed by atoms with Crippen LogP contribution in [-0.4, -0.2) is 55.5 Å². The summed E-state index contributed by atoms with van der Waals surface area (Å²) in [6.45, 7) is 5.89. The van der Waals surface area contributed by atoms with Crippen LogP contribution in [0.1, 0.15) is 76.4 Å². The van der Waals surface area contributed by atoms with Gasteiger partial charge in [-0.2, -0.15) is 13.2 Å². The van der Waals surface area contributed by atoms with Crippen molar-refractivity contribution in [3.63, 3.8) is 0 Å². The van der Waals surface area contributed by atoms with Crippen LogP contribution in [0.15, 0.2) is 60.7 Å². The minimum Gasteiger partial charge on any atom is -0.466 e.